The van der Waals surface area contributed by atoms with E-state index < -0.39 is 5.97 Å². The maximum absolute atomic E-state index is 12.1. The topological polar surface area (TPSA) is 60.7 Å². The Kier molecular flexibility index (Phi) is 4.36. The summed E-state index contributed by atoms with van der Waals surface area (Å²) in [7, 11) is 0. The van der Waals surface area contributed by atoms with Crippen molar-refractivity contribution in [2.75, 3.05) is 0 Å². The number of carbonyl (C=O) groups is 1. The summed E-state index contributed by atoms with van der Waals surface area (Å²) in [5.41, 5.74) is 3.16. The minimum absolute atomic E-state index is 0.0693. The smallest absolute Gasteiger partial charge is 0.338 e. The Morgan fingerprint density at radius 2 is 1.96 bits per heavy atom. The molecule has 122 valence electrons. The fourth-order valence-electron chi connectivity index (χ4n) is 2.29. The predicted octanol–water partition coefficient (Wildman–Crippen LogP) is 3.32. The maximum Gasteiger partial charge on any atom is 0.338 e. The number of aromatic nitrogens is 2. The highest BCUT2D eigenvalue weighted by Gasteiger charge is 2.10. The molecule has 0 N–H and O–H groups in total. The van der Waals surface area contributed by atoms with E-state index >= 15 is 0 Å². The van der Waals surface area contributed by atoms with E-state index in [1.165, 1.54) is 16.7 Å². The Bertz CT molecular complexity index is 995. The average molecular weight is 343 g/mol. The molecule has 0 bridgehead atoms. The highest BCUT2D eigenvalue weighted by molar-refractivity contribution is 6.30. The van der Waals surface area contributed by atoms with Gasteiger partial charge in [0, 0.05) is 12.3 Å². The van der Waals surface area contributed by atoms with Gasteiger partial charge in [0.05, 0.1) is 16.3 Å². The van der Waals surface area contributed by atoms with Crippen LogP contribution in [-0.4, -0.2) is 15.4 Å². The van der Waals surface area contributed by atoms with E-state index in [1.54, 1.807) is 24.3 Å². The summed E-state index contributed by atoms with van der Waals surface area (Å²) < 4.78 is 6.61. The lowest BCUT2D eigenvalue weighted by Crippen LogP contribution is -2.16. The minimum atomic E-state index is -0.448. The van der Waals surface area contributed by atoms with Gasteiger partial charge in [-0.05, 0) is 49.2 Å². The molecule has 0 atom stereocenters. The Morgan fingerprint density at radius 3 is 2.71 bits per heavy atom. The normalized spacial score (nSPS) is 10.8. The number of aryl methyl sites for hydroxylation is 2. The van der Waals surface area contributed by atoms with Crippen LogP contribution >= 0.6 is 11.6 Å². The summed E-state index contributed by atoms with van der Waals surface area (Å²) in [5.74, 6) is -0.448. The van der Waals surface area contributed by atoms with Crippen LogP contribution in [0.1, 0.15) is 27.2 Å². The van der Waals surface area contributed by atoms with Crippen LogP contribution in [0.25, 0.3) is 5.65 Å². The van der Waals surface area contributed by atoms with Crippen molar-refractivity contribution in [2.45, 2.75) is 20.5 Å². The Balaban J connectivity index is 1.80. The first kappa shape index (κ1) is 16.2. The van der Waals surface area contributed by atoms with E-state index in [9.17, 15) is 9.59 Å². The van der Waals surface area contributed by atoms with Gasteiger partial charge in [0.25, 0.3) is 5.56 Å². The first-order chi connectivity index (χ1) is 11.4. The van der Waals surface area contributed by atoms with E-state index in [0.29, 0.717) is 21.9 Å². The second kappa shape index (κ2) is 6.45. The summed E-state index contributed by atoms with van der Waals surface area (Å²) in [6.07, 6.45) is 1.50. The number of pyridine rings is 1. The number of hydrogen-bond acceptors (Lipinski definition) is 4. The molecule has 0 saturated heterocycles. The molecule has 0 aliphatic rings. The molecule has 2 aromatic heterocycles. The summed E-state index contributed by atoms with van der Waals surface area (Å²) in [4.78, 5) is 28.5. The molecule has 24 heavy (non-hydrogen) atoms. The van der Waals surface area contributed by atoms with Crippen LogP contribution in [0.5, 0.6) is 0 Å². The largest absolute Gasteiger partial charge is 0.456 e. The number of ether oxygens (including phenoxy) is 1. The van der Waals surface area contributed by atoms with Crippen molar-refractivity contribution in [1.29, 1.82) is 0 Å². The Hall–Kier alpha value is -2.66. The Labute approximate surface area is 143 Å². The molecule has 0 aliphatic heterocycles. The predicted molar refractivity (Wildman–Crippen MR) is 91.5 cm³/mol. The molecule has 0 spiro atoms. The summed E-state index contributed by atoms with van der Waals surface area (Å²) in [6.45, 7) is 3.84. The van der Waals surface area contributed by atoms with Gasteiger partial charge >= 0.3 is 5.97 Å². The van der Waals surface area contributed by atoms with Gasteiger partial charge in [-0.1, -0.05) is 17.7 Å². The first-order valence-corrected chi connectivity index (χ1v) is 7.74. The van der Waals surface area contributed by atoms with Gasteiger partial charge in [0.1, 0.15) is 12.3 Å². The van der Waals surface area contributed by atoms with Gasteiger partial charge in [0.2, 0.25) is 0 Å². The molecule has 3 aromatic rings. The number of nitrogens with zero attached hydrogens (tertiary/aromatic N) is 2. The molecule has 2 heterocycles. The van der Waals surface area contributed by atoms with E-state index in [4.69, 9.17) is 16.3 Å². The SMILES string of the molecule is Cc1ccc(C(=O)OCc2cc(=O)n3cc(Cl)ccc3n2)cc1C. The number of benzene rings is 1. The van der Waals surface area contributed by atoms with Crippen LogP contribution in [0.3, 0.4) is 0 Å². The third-order valence-electron chi connectivity index (χ3n) is 3.77. The quantitative estimate of drug-likeness (QED) is 0.685. The molecular weight excluding hydrogens is 328 g/mol. The van der Waals surface area contributed by atoms with Crippen molar-refractivity contribution in [3.8, 4) is 0 Å². The standard InChI is InChI=1S/C18H15ClN2O3/c1-11-3-4-13(7-12(11)2)18(23)24-10-15-8-17(22)21-9-14(19)5-6-16(21)20-15/h3-9H,10H2,1-2H3. The number of fused-ring (bicyclic) bond motifs is 1. The molecule has 5 nitrogen and oxygen atoms in total. The van der Waals surface area contributed by atoms with Crippen LogP contribution in [0.2, 0.25) is 5.02 Å². The fourth-order valence-corrected chi connectivity index (χ4v) is 2.45. The fraction of sp³-hybridized carbons (Fsp3) is 0.167. The van der Waals surface area contributed by atoms with E-state index in [-0.39, 0.29) is 12.2 Å². The first-order valence-electron chi connectivity index (χ1n) is 7.36. The molecule has 0 unspecified atom stereocenters. The third kappa shape index (κ3) is 3.31. The lowest BCUT2D eigenvalue weighted by atomic mass is 10.1. The maximum atomic E-state index is 12.1. The molecule has 0 amide bonds. The Morgan fingerprint density at radius 1 is 1.17 bits per heavy atom. The molecule has 0 saturated carbocycles. The van der Waals surface area contributed by atoms with Gasteiger partial charge in [0.15, 0.2) is 0 Å². The zero-order chi connectivity index (χ0) is 17.3. The highest BCUT2D eigenvalue weighted by Crippen LogP contribution is 2.12. The van der Waals surface area contributed by atoms with Crippen LogP contribution in [0, 0.1) is 13.8 Å². The average Bonchev–Trinajstić information content (AvgIpc) is 2.56. The number of carbonyl (C=O) groups excluding carboxylic acids is 1. The van der Waals surface area contributed by atoms with Crippen LogP contribution < -0.4 is 5.56 Å². The summed E-state index contributed by atoms with van der Waals surface area (Å²) >= 11 is 5.87. The van der Waals surface area contributed by atoms with Gasteiger partial charge in [-0.15, -0.1) is 0 Å². The second-order valence-corrected chi connectivity index (χ2v) is 5.97. The summed E-state index contributed by atoms with van der Waals surface area (Å²) in [6, 6.07) is 9.98. The number of rotatable bonds is 3. The van der Waals surface area contributed by atoms with Gasteiger partial charge < -0.3 is 4.74 Å². The molecule has 1 aromatic carbocycles. The van der Waals surface area contributed by atoms with Crippen molar-refractivity contribution in [1.82, 2.24) is 9.38 Å². The monoisotopic (exact) mass is 342 g/mol. The molecule has 0 aliphatic carbocycles. The second-order valence-electron chi connectivity index (χ2n) is 5.54. The zero-order valence-electron chi connectivity index (χ0n) is 13.2. The molecule has 0 fully saturated rings. The number of hydrogen-bond donors (Lipinski definition) is 0. The van der Waals surface area contributed by atoms with Crippen LogP contribution in [0.15, 0.2) is 47.4 Å². The zero-order valence-corrected chi connectivity index (χ0v) is 14.0. The van der Waals surface area contributed by atoms with Gasteiger partial charge in [-0.2, -0.15) is 0 Å². The van der Waals surface area contributed by atoms with E-state index in [0.717, 1.165) is 11.1 Å². The third-order valence-corrected chi connectivity index (χ3v) is 3.99. The van der Waals surface area contributed by atoms with Crippen molar-refractivity contribution in [2.24, 2.45) is 0 Å². The lowest BCUT2D eigenvalue weighted by Gasteiger charge is -2.07. The van der Waals surface area contributed by atoms with E-state index in [1.807, 2.05) is 19.9 Å². The molecule has 0 radical (unpaired) electrons. The summed E-state index contributed by atoms with van der Waals surface area (Å²) in [5, 5.41) is 0.445. The minimum Gasteiger partial charge on any atom is -0.456 e. The van der Waals surface area contributed by atoms with E-state index in [2.05, 4.69) is 4.98 Å². The molecular formula is C18H15ClN2O3. The van der Waals surface area contributed by atoms with Crippen molar-refractivity contribution in [3.05, 3.63) is 80.4 Å². The van der Waals surface area contributed by atoms with Crippen molar-refractivity contribution in [3.63, 3.8) is 0 Å². The molecule has 6 heteroatoms. The van der Waals surface area contributed by atoms with Crippen LogP contribution in [0.4, 0.5) is 0 Å². The van der Waals surface area contributed by atoms with Crippen LogP contribution in [-0.2, 0) is 11.3 Å². The molecule has 3 rings (SSSR count). The number of esters is 1. The van der Waals surface area contributed by atoms with Gasteiger partial charge in [-0.25, -0.2) is 9.78 Å². The van der Waals surface area contributed by atoms with Crippen molar-refractivity contribution >= 4 is 23.2 Å². The lowest BCUT2D eigenvalue weighted by molar-refractivity contribution is 0.0467. The van der Waals surface area contributed by atoms with Crippen molar-refractivity contribution < 1.29 is 9.53 Å². The highest BCUT2D eigenvalue weighted by atomic mass is 35.5. The number of halogens is 1. The van der Waals surface area contributed by atoms with Gasteiger partial charge in [-0.3, -0.25) is 9.20 Å².